The van der Waals surface area contributed by atoms with Crippen LogP contribution in [0.25, 0.3) is 0 Å². The third kappa shape index (κ3) is 3.78. The molecule has 4 aliphatic carbocycles. The largest absolute Gasteiger partial charge is 0.349 e. The van der Waals surface area contributed by atoms with Gasteiger partial charge in [0.15, 0.2) is 0 Å². The minimum atomic E-state index is -3.79. The number of para-hydroxylation sites is 1. The molecule has 7 heteroatoms. The molecule has 0 spiro atoms. The fourth-order valence-electron chi connectivity index (χ4n) is 5.98. The minimum Gasteiger partial charge on any atom is -0.349 e. The van der Waals surface area contributed by atoms with Crippen molar-refractivity contribution in [2.45, 2.75) is 43.0 Å². The maximum Gasteiger partial charge on any atom is 0.261 e. The maximum atomic E-state index is 13.2. The van der Waals surface area contributed by atoms with E-state index in [-0.39, 0.29) is 16.8 Å². The third-order valence-corrected chi connectivity index (χ3v) is 8.97. The summed E-state index contributed by atoms with van der Waals surface area (Å²) in [7, 11) is -3.79. The Kier molecular flexibility index (Phi) is 5.14. The van der Waals surface area contributed by atoms with Gasteiger partial charge in [0.25, 0.3) is 15.9 Å². The van der Waals surface area contributed by atoms with Crippen molar-refractivity contribution in [3.63, 3.8) is 0 Å². The van der Waals surface area contributed by atoms with Gasteiger partial charge in [-0.3, -0.25) is 9.52 Å². The summed E-state index contributed by atoms with van der Waals surface area (Å²) in [5.41, 5.74) is 0.675. The zero-order valence-electron chi connectivity index (χ0n) is 16.6. The lowest BCUT2D eigenvalue weighted by atomic mass is 9.54. The molecule has 2 N–H and O–H groups in total. The van der Waals surface area contributed by atoms with Gasteiger partial charge in [-0.1, -0.05) is 28.1 Å². The van der Waals surface area contributed by atoms with Crippen LogP contribution < -0.4 is 10.0 Å². The van der Waals surface area contributed by atoms with E-state index in [0.717, 1.165) is 16.3 Å². The number of hydrogen-bond donors (Lipinski definition) is 2. The van der Waals surface area contributed by atoms with Crippen molar-refractivity contribution in [2.24, 2.45) is 23.7 Å². The summed E-state index contributed by atoms with van der Waals surface area (Å²) in [5.74, 6) is 2.62. The summed E-state index contributed by atoms with van der Waals surface area (Å²) in [5, 5.41) is 3.27. The zero-order valence-corrected chi connectivity index (χ0v) is 19.0. The van der Waals surface area contributed by atoms with E-state index in [1.807, 2.05) is 0 Å². The second-order valence-electron chi connectivity index (χ2n) is 9.03. The summed E-state index contributed by atoms with van der Waals surface area (Å²) in [6.07, 6.45) is 6.24. The van der Waals surface area contributed by atoms with E-state index in [2.05, 4.69) is 26.0 Å². The van der Waals surface area contributed by atoms with Gasteiger partial charge in [0.2, 0.25) is 0 Å². The van der Waals surface area contributed by atoms with Crippen LogP contribution in [0.3, 0.4) is 0 Å². The molecule has 4 fully saturated rings. The van der Waals surface area contributed by atoms with Crippen LogP contribution in [-0.2, 0) is 10.0 Å². The van der Waals surface area contributed by atoms with Crippen LogP contribution in [0.1, 0.15) is 42.5 Å². The predicted molar refractivity (Wildman–Crippen MR) is 120 cm³/mol. The average molecular weight is 489 g/mol. The number of nitrogens with one attached hydrogen (secondary N) is 2. The summed E-state index contributed by atoms with van der Waals surface area (Å²) in [6.45, 7) is 0. The van der Waals surface area contributed by atoms with Crippen LogP contribution in [0.15, 0.2) is 57.9 Å². The summed E-state index contributed by atoms with van der Waals surface area (Å²) in [6, 6.07) is 13.5. The molecule has 6 rings (SSSR count). The number of benzene rings is 2. The lowest BCUT2D eigenvalue weighted by Gasteiger charge is -2.54. The van der Waals surface area contributed by atoms with Gasteiger partial charge in [-0.25, -0.2) is 8.42 Å². The number of amides is 1. The van der Waals surface area contributed by atoms with Gasteiger partial charge >= 0.3 is 0 Å². The summed E-state index contributed by atoms with van der Waals surface area (Å²) >= 11 is 3.32. The number of carbonyl (C=O) groups excluding carboxylic acids is 1. The van der Waals surface area contributed by atoms with Crippen LogP contribution in [-0.4, -0.2) is 20.4 Å². The first kappa shape index (κ1) is 20.1. The first-order valence-corrected chi connectivity index (χ1v) is 12.8. The van der Waals surface area contributed by atoms with Gasteiger partial charge in [-0.2, -0.15) is 0 Å². The molecule has 0 aromatic heterocycles. The van der Waals surface area contributed by atoms with Crippen LogP contribution in [0.5, 0.6) is 0 Å². The standard InChI is InChI=1S/C23H25BrN2O3S/c24-18-5-7-19(8-6-18)30(28,29)26-21-4-2-1-3-20(21)23(27)25-22-16-10-14-9-15(12-16)13-17(22)11-14/h1-8,14-17,22,26H,9-13H2,(H,25,27). The molecule has 1 amide bonds. The third-order valence-electron chi connectivity index (χ3n) is 7.06. The van der Waals surface area contributed by atoms with Crippen LogP contribution >= 0.6 is 15.9 Å². The molecule has 2 aromatic carbocycles. The minimum absolute atomic E-state index is 0.155. The maximum absolute atomic E-state index is 13.2. The van der Waals surface area contributed by atoms with Crippen molar-refractivity contribution in [1.82, 2.24) is 5.32 Å². The highest BCUT2D eigenvalue weighted by atomic mass is 79.9. The number of halogens is 1. The number of hydrogen-bond acceptors (Lipinski definition) is 3. The normalized spacial score (nSPS) is 29.6. The molecule has 2 aromatic rings. The van der Waals surface area contributed by atoms with Crippen molar-refractivity contribution in [3.05, 3.63) is 58.6 Å². The molecule has 4 bridgehead atoms. The van der Waals surface area contributed by atoms with Crippen LogP contribution in [0.2, 0.25) is 0 Å². The Morgan fingerprint density at radius 3 is 2.10 bits per heavy atom. The van der Waals surface area contributed by atoms with E-state index in [0.29, 0.717) is 23.1 Å². The molecular formula is C23H25BrN2O3S. The molecule has 4 aliphatic rings. The molecule has 158 valence electrons. The van der Waals surface area contributed by atoms with Crippen molar-refractivity contribution in [1.29, 1.82) is 0 Å². The average Bonchev–Trinajstić information content (AvgIpc) is 2.70. The Labute approximate surface area is 185 Å². The number of carbonyl (C=O) groups is 1. The summed E-state index contributed by atoms with van der Waals surface area (Å²) in [4.78, 5) is 13.3. The van der Waals surface area contributed by atoms with Crippen molar-refractivity contribution >= 4 is 37.5 Å². The molecule has 0 aliphatic heterocycles. The van der Waals surface area contributed by atoms with E-state index in [1.54, 1.807) is 36.4 Å². The predicted octanol–water partition coefficient (Wildman–Crippen LogP) is 4.80. The first-order valence-electron chi connectivity index (χ1n) is 10.6. The fourth-order valence-corrected chi connectivity index (χ4v) is 7.32. The molecule has 0 radical (unpaired) electrons. The quantitative estimate of drug-likeness (QED) is 0.634. The monoisotopic (exact) mass is 488 g/mol. The Hall–Kier alpha value is -1.86. The van der Waals surface area contributed by atoms with Crippen molar-refractivity contribution in [3.8, 4) is 0 Å². The molecule has 0 unspecified atom stereocenters. The number of anilines is 1. The molecule has 30 heavy (non-hydrogen) atoms. The smallest absolute Gasteiger partial charge is 0.261 e. The van der Waals surface area contributed by atoms with E-state index >= 15 is 0 Å². The fraction of sp³-hybridized carbons (Fsp3) is 0.435. The molecule has 0 atom stereocenters. The lowest BCUT2D eigenvalue weighted by molar-refractivity contribution is -0.0119. The molecule has 0 heterocycles. The SMILES string of the molecule is O=C(NC1C2CC3CC(C2)CC1C3)c1ccccc1NS(=O)(=O)c1ccc(Br)cc1. The second-order valence-corrected chi connectivity index (χ2v) is 11.6. The van der Waals surface area contributed by atoms with Gasteiger partial charge in [-0.15, -0.1) is 0 Å². The Balaban J connectivity index is 1.36. The van der Waals surface area contributed by atoms with E-state index < -0.39 is 10.0 Å². The van der Waals surface area contributed by atoms with Gasteiger partial charge in [-0.05, 0) is 92.2 Å². The first-order chi connectivity index (χ1) is 14.4. The summed E-state index contributed by atoms with van der Waals surface area (Å²) < 4.78 is 29.0. The Morgan fingerprint density at radius 1 is 0.867 bits per heavy atom. The van der Waals surface area contributed by atoms with Gasteiger partial charge in [0, 0.05) is 10.5 Å². The zero-order chi connectivity index (χ0) is 20.9. The Morgan fingerprint density at radius 2 is 1.47 bits per heavy atom. The van der Waals surface area contributed by atoms with Crippen LogP contribution in [0, 0.1) is 23.7 Å². The lowest BCUT2D eigenvalue weighted by Crippen LogP contribution is -2.55. The number of rotatable bonds is 5. The molecule has 5 nitrogen and oxygen atoms in total. The van der Waals surface area contributed by atoms with E-state index in [9.17, 15) is 13.2 Å². The Bertz CT molecular complexity index is 1040. The highest BCUT2D eigenvalue weighted by Crippen LogP contribution is 2.53. The molecule has 4 saturated carbocycles. The number of sulfonamides is 1. The van der Waals surface area contributed by atoms with Crippen molar-refractivity contribution in [2.75, 3.05) is 4.72 Å². The van der Waals surface area contributed by atoms with Crippen LogP contribution in [0.4, 0.5) is 5.69 Å². The topological polar surface area (TPSA) is 75.3 Å². The van der Waals surface area contributed by atoms with Gasteiger partial charge in [0.1, 0.15) is 0 Å². The van der Waals surface area contributed by atoms with Gasteiger partial charge < -0.3 is 5.32 Å². The highest BCUT2D eigenvalue weighted by molar-refractivity contribution is 9.10. The molecular weight excluding hydrogens is 464 g/mol. The molecule has 0 saturated heterocycles. The van der Waals surface area contributed by atoms with E-state index in [4.69, 9.17) is 0 Å². The highest BCUT2D eigenvalue weighted by Gasteiger charge is 2.48. The second kappa shape index (κ2) is 7.68. The van der Waals surface area contributed by atoms with Gasteiger partial charge in [0.05, 0.1) is 16.1 Å². The van der Waals surface area contributed by atoms with Crippen molar-refractivity contribution < 1.29 is 13.2 Å². The van der Waals surface area contributed by atoms with E-state index in [1.165, 1.54) is 44.2 Å².